The predicted octanol–water partition coefficient (Wildman–Crippen LogP) is 5.18. The number of para-hydroxylation sites is 1. The van der Waals surface area contributed by atoms with E-state index in [1.165, 1.54) is 0 Å². The van der Waals surface area contributed by atoms with Crippen molar-refractivity contribution in [3.8, 4) is 11.5 Å². The van der Waals surface area contributed by atoms with Gasteiger partial charge in [0.15, 0.2) is 11.6 Å². The third-order valence-corrected chi connectivity index (χ3v) is 4.09. The molecule has 2 aromatic carbocycles. The first-order valence-electron chi connectivity index (χ1n) is 8.11. The number of hydrogen-bond acceptors (Lipinski definition) is 3. The highest BCUT2D eigenvalue weighted by atomic mass is 35.5. The molecule has 0 saturated carbocycles. The largest absolute Gasteiger partial charge is 0.481 e. The smallest absolute Gasteiger partial charge is 0.304 e. The van der Waals surface area contributed by atoms with E-state index in [1.807, 2.05) is 13.0 Å². The van der Waals surface area contributed by atoms with E-state index in [-0.39, 0.29) is 29.3 Å². The number of halogens is 2. The van der Waals surface area contributed by atoms with Crippen LogP contribution in [0.3, 0.4) is 0 Å². The second-order valence-electron chi connectivity index (χ2n) is 5.82. The van der Waals surface area contributed by atoms with Gasteiger partial charge in [-0.2, -0.15) is 0 Å². The number of carboxylic acid groups (broad SMARTS) is 1. The molecular weight excluding hydrogens is 345 g/mol. The molecule has 6 heteroatoms. The van der Waals surface area contributed by atoms with Gasteiger partial charge in [-0.25, -0.2) is 4.39 Å². The maximum atomic E-state index is 15.0. The minimum absolute atomic E-state index is 0.0310. The Morgan fingerprint density at radius 3 is 2.56 bits per heavy atom. The molecule has 0 aliphatic heterocycles. The number of ether oxygens (including phenoxy) is 1. The van der Waals surface area contributed by atoms with Crippen LogP contribution in [0.4, 0.5) is 4.39 Å². The summed E-state index contributed by atoms with van der Waals surface area (Å²) >= 11 is 6.11. The van der Waals surface area contributed by atoms with Crippen molar-refractivity contribution in [3.63, 3.8) is 0 Å². The normalized spacial score (nSPS) is 13.3. The fraction of sp³-hybridized carbons (Fsp3) is 0.316. The lowest BCUT2D eigenvalue weighted by Gasteiger charge is -2.23. The maximum Gasteiger partial charge on any atom is 0.304 e. The van der Waals surface area contributed by atoms with E-state index < -0.39 is 11.8 Å². The van der Waals surface area contributed by atoms with Crippen LogP contribution in [0.1, 0.15) is 38.3 Å². The third kappa shape index (κ3) is 5.18. The van der Waals surface area contributed by atoms with Crippen molar-refractivity contribution in [1.29, 1.82) is 0 Å². The summed E-state index contributed by atoms with van der Waals surface area (Å²) in [6, 6.07) is 11.4. The van der Waals surface area contributed by atoms with Gasteiger partial charge in [0.05, 0.1) is 11.4 Å². The molecule has 0 aliphatic carbocycles. The number of aliphatic carboxylic acids is 1. The Morgan fingerprint density at radius 1 is 1.28 bits per heavy atom. The van der Waals surface area contributed by atoms with Crippen LogP contribution in [-0.2, 0) is 4.79 Å². The zero-order chi connectivity index (χ0) is 18.4. The number of carboxylic acids is 1. The molecule has 134 valence electrons. The van der Waals surface area contributed by atoms with Gasteiger partial charge < -0.3 is 15.2 Å². The lowest BCUT2D eigenvalue weighted by Crippen LogP contribution is -2.32. The van der Waals surface area contributed by atoms with Crippen LogP contribution in [0.2, 0.25) is 5.02 Å². The predicted molar refractivity (Wildman–Crippen MR) is 95.8 cm³/mol. The fourth-order valence-electron chi connectivity index (χ4n) is 2.61. The third-order valence-electron chi connectivity index (χ3n) is 3.79. The first kappa shape index (κ1) is 19.2. The Balaban J connectivity index is 2.28. The summed E-state index contributed by atoms with van der Waals surface area (Å²) in [5, 5.41) is 12.2. The van der Waals surface area contributed by atoms with E-state index in [0.29, 0.717) is 17.7 Å². The number of nitrogens with one attached hydrogen (secondary N) is 1. The Hall–Kier alpha value is -2.11. The van der Waals surface area contributed by atoms with Gasteiger partial charge in [-0.05, 0) is 31.5 Å². The average molecular weight is 366 g/mol. The van der Waals surface area contributed by atoms with Gasteiger partial charge >= 0.3 is 5.97 Å². The molecule has 2 atom stereocenters. The summed E-state index contributed by atoms with van der Waals surface area (Å²) in [4.78, 5) is 10.8. The highest BCUT2D eigenvalue weighted by Gasteiger charge is 2.22. The van der Waals surface area contributed by atoms with Crippen molar-refractivity contribution >= 4 is 17.6 Å². The summed E-state index contributed by atoms with van der Waals surface area (Å²) in [5.41, 5.74) is 0.398. The van der Waals surface area contributed by atoms with E-state index >= 15 is 4.39 Å². The maximum absolute atomic E-state index is 15.0. The molecule has 0 unspecified atom stereocenters. The van der Waals surface area contributed by atoms with Crippen molar-refractivity contribution in [2.24, 2.45) is 0 Å². The molecule has 0 fully saturated rings. The van der Waals surface area contributed by atoms with E-state index in [0.717, 1.165) is 0 Å². The lowest BCUT2D eigenvalue weighted by atomic mass is 10.0. The van der Waals surface area contributed by atoms with Gasteiger partial charge in [0.25, 0.3) is 0 Å². The van der Waals surface area contributed by atoms with Gasteiger partial charge in [-0.1, -0.05) is 42.8 Å². The van der Waals surface area contributed by atoms with Crippen LogP contribution in [-0.4, -0.2) is 17.1 Å². The molecular formula is C19H21ClFNO3. The molecule has 0 radical (unpaired) electrons. The first-order valence-corrected chi connectivity index (χ1v) is 8.48. The van der Waals surface area contributed by atoms with Gasteiger partial charge in [0.1, 0.15) is 5.75 Å². The van der Waals surface area contributed by atoms with E-state index in [4.69, 9.17) is 21.4 Å². The van der Waals surface area contributed by atoms with Crippen molar-refractivity contribution < 1.29 is 19.0 Å². The minimum atomic E-state index is -0.903. The number of benzene rings is 2. The Kier molecular flexibility index (Phi) is 6.79. The fourth-order valence-corrected chi connectivity index (χ4v) is 2.79. The molecule has 0 heterocycles. The topological polar surface area (TPSA) is 58.6 Å². The summed E-state index contributed by atoms with van der Waals surface area (Å²) < 4.78 is 20.6. The van der Waals surface area contributed by atoms with Gasteiger partial charge in [-0.15, -0.1) is 0 Å². The summed E-state index contributed by atoms with van der Waals surface area (Å²) in [6.45, 7) is 3.66. The van der Waals surface area contributed by atoms with Crippen LogP contribution in [0, 0.1) is 5.82 Å². The summed E-state index contributed by atoms with van der Waals surface area (Å²) in [5.74, 6) is -0.991. The molecule has 0 amide bonds. The van der Waals surface area contributed by atoms with E-state index in [1.54, 1.807) is 43.3 Å². The minimum Gasteiger partial charge on any atom is -0.481 e. The highest BCUT2D eigenvalue weighted by Crippen LogP contribution is 2.36. The monoisotopic (exact) mass is 365 g/mol. The molecule has 0 bridgehead atoms. The summed E-state index contributed by atoms with van der Waals surface area (Å²) in [6.07, 6.45) is 0.548. The quantitative estimate of drug-likeness (QED) is 0.677. The molecule has 2 aromatic rings. The molecule has 4 nitrogen and oxygen atoms in total. The molecule has 0 aromatic heterocycles. The van der Waals surface area contributed by atoms with Crippen LogP contribution in [0.25, 0.3) is 0 Å². The summed E-state index contributed by atoms with van der Waals surface area (Å²) in [7, 11) is 0. The van der Waals surface area contributed by atoms with Crippen LogP contribution < -0.4 is 10.1 Å². The van der Waals surface area contributed by atoms with Crippen molar-refractivity contribution in [2.75, 3.05) is 0 Å². The number of hydrogen-bond donors (Lipinski definition) is 2. The zero-order valence-electron chi connectivity index (χ0n) is 14.1. The van der Waals surface area contributed by atoms with Crippen LogP contribution in [0.15, 0.2) is 42.5 Å². The molecule has 2 N–H and O–H groups in total. The van der Waals surface area contributed by atoms with Gasteiger partial charge in [0.2, 0.25) is 0 Å². The van der Waals surface area contributed by atoms with Crippen molar-refractivity contribution in [1.82, 2.24) is 5.32 Å². The Morgan fingerprint density at radius 2 is 1.96 bits per heavy atom. The standard InChI is InChI=1S/C19H21ClFNO3/c1-3-16(22-12(2)11-17(23)24)14-9-10-15(20)19(18(14)21)25-13-7-5-4-6-8-13/h4-10,12,16,22H,3,11H2,1-2H3,(H,23,24)/t12-,16+/m0/s1. The van der Waals surface area contributed by atoms with Crippen molar-refractivity contribution in [3.05, 3.63) is 58.9 Å². The van der Waals surface area contributed by atoms with Gasteiger partial charge in [0, 0.05) is 17.6 Å². The second-order valence-corrected chi connectivity index (χ2v) is 6.23. The van der Waals surface area contributed by atoms with Crippen LogP contribution >= 0.6 is 11.6 Å². The number of carbonyl (C=O) groups is 1. The molecule has 2 rings (SSSR count). The first-order chi connectivity index (χ1) is 11.9. The molecule has 25 heavy (non-hydrogen) atoms. The van der Waals surface area contributed by atoms with E-state index in [9.17, 15) is 4.79 Å². The second kappa shape index (κ2) is 8.83. The van der Waals surface area contributed by atoms with Gasteiger partial charge in [-0.3, -0.25) is 4.79 Å². The number of rotatable bonds is 8. The van der Waals surface area contributed by atoms with Crippen LogP contribution in [0.5, 0.6) is 11.5 Å². The average Bonchev–Trinajstić information content (AvgIpc) is 2.57. The SMILES string of the molecule is CC[C@@H](N[C@@H](C)CC(=O)O)c1ccc(Cl)c(Oc2ccccc2)c1F. The Labute approximate surface area is 151 Å². The lowest BCUT2D eigenvalue weighted by molar-refractivity contribution is -0.137. The Bertz CT molecular complexity index is 724. The highest BCUT2D eigenvalue weighted by molar-refractivity contribution is 6.32. The zero-order valence-corrected chi connectivity index (χ0v) is 14.9. The molecule has 0 saturated heterocycles. The molecule has 0 spiro atoms. The van der Waals surface area contributed by atoms with Crippen molar-refractivity contribution in [2.45, 2.75) is 38.8 Å². The molecule has 0 aliphatic rings. The van der Waals surface area contributed by atoms with E-state index in [2.05, 4.69) is 5.32 Å².